The molecule has 0 saturated heterocycles. The van der Waals surface area contributed by atoms with E-state index in [1.807, 2.05) is 36.5 Å². The van der Waals surface area contributed by atoms with Crippen molar-refractivity contribution in [2.75, 3.05) is 12.4 Å². The van der Waals surface area contributed by atoms with Crippen molar-refractivity contribution >= 4 is 28.6 Å². The Morgan fingerprint density at radius 1 is 1.06 bits per heavy atom. The maximum absolute atomic E-state index is 12.7. The topological polar surface area (TPSA) is 67.0 Å². The van der Waals surface area contributed by atoms with Gasteiger partial charge in [0.25, 0.3) is 5.91 Å². The second-order valence-electron chi connectivity index (χ2n) is 7.57. The average molecular weight is 422 g/mol. The lowest BCUT2D eigenvalue weighted by Crippen LogP contribution is -2.13. The second-order valence-corrected chi connectivity index (χ2v) is 7.57. The molecular weight excluding hydrogens is 398 g/mol. The van der Waals surface area contributed by atoms with Gasteiger partial charge in [-0.25, -0.2) is 0 Å². The molecule has 5 nitrogen and oxygen atoms in total. The van der Waals surface area contributed by atoms with Gasteiger partial charge in [0.05, 0.1) is 7.11 Å². The number of aromatic nitrogens is 1. The van der Waals surface area contributed by atoms with Gasteiger partial charge in [0.15, 0.2) is 0 Å². The third-order valence-electron chi connectivity index (χ3n) is 5.31. The SMILES string of the molecule is COc1ccc(NC(=O)/C(C#N)=C\c2cn(Cc3ccc(C)cc3)c3ccccc23)cc1. The first-order valence-electron chi connectivity index (χ1n) is 10.3. The molecule has 158 valence electrons. The number of nitriles is 1. The Hall–Kier alpha value is -4.30. The lowest BCUT2D eigenvalue weighted by Gasteiger charge is -2.06. The van der Waals surface area contributed by atoms with Crippen LogP contribution < -0.4 is 10.1 Å². The fourth-order valence-corrected chi connectivity index (χ4v) is 3.59. The smallest absolute Gasteiger partial charge is 0.266 e. The van der Waals surface area contributed by atoms with Crippen molar-refractivity contribution in [3.8, 4) is 11.8 Å². The van der Waals surface area contributed by atoms with E-state index in [1.54, 1.807) is 37.5 Å². The summed E-state index contributed by atoms with van der Waals surface area (Å²) in [7, 11) is 1.58. The van der Waals surface area contributed by atoms with E-state index < -0.39 is 5.91 Å². The van der Waals surface area contributed by atoms with Gasteiger partial charge in [0.1, 0.15) is 17.4 Å². The van der Waals surface area contributed by atoms with Gasteiger partial charge < -0.3 is 14.6 Å². The molecule has 0 bridgehead atoms. The Morgan fingerprint density at radius 3 is 2.47 bits per heavy atom. The van der Waals surface area contributed by atoms with Gasteiger partial charge in [-0.05, 0) is 48.9 Å². The number of hydrogen-bond donors (Lipinski definition) is 1. The van der Waals surface area contributed by atoms with Crippen molar-refractivity contribution in [2.24, 2.45) is 0 Å². The summed E-state index contributed by atoms with van der Waals surface area (Å²) in [5.41, 5.74) is 4.92. The van der Waals surface area contributed by atoms with E-state index in [0.717, 1.165) is 16.5 Å². The van der Waals surface area contributed by atoms with E-state index in [-0.39, 0.29) is 5.57 Å². The predicted octanol–water partition coefficient (Wildman–Crippen LogP) is 5.55. The number of fused-ring (bicyclic) bond motifs is 1. The number of hydrogen-bond acceptors (Lipinski definition) is 3. The molecule has 0 unspecified atom stereocenters. The summed E-state index contributed by atoms with van der Waals surface area (Å²) in [6, 6.07) is 25.4. The van der Waals surface area contributed by atoms with E-state index in [0.29, 0.717) is 18.0 Å². The molecule has 0 fully saturated rings. The number of methoxy groups -OCH3 is 1. The van der Waals surface area contributed by atoms with Crippen molar-refractivity contribution in [1.82, 2.24) is 4.57 Å². The molecule has 0 aliphatic carbocycles. The monoisotopic (exact) mass is 421 g/mol. The van der Waals surface area contributed by atoms with E-state index in [9.17, 15) is 10.1 Å². The predicted molar refractivity (Wildman–Crippen MR) is 127 cm³/mol. The fraction of sp³-hybridized carbons (Fsp3) is 0.111. The van der Waals surface area contributed by atoms with Crippen molar-refractivity contribution in [3.63, 3.8) is 0 Å². The van der Waals surface area contributed by atoms with Crippen LogP contribution >= 0.6 is 0 Å². The molecule has 32 heavy (non-hydrogen) atoms. The molecule has 4 aromatic rings. The van der Waals surface area contributed by atoms with Crippen molar-refractivity contribution in [2.45, 2.75) is 13.5 Å². The molecule has 3 aromatic carbocycles. The highest BCUT2D eigenvalue weighted by Gasteiger charge is 2.13. The largest absolute Gasteiger partial charge is 0.497 e. The minimum atomic E-state index is -0.451. The maximum atomic E-state index is 12.7. The van der Waals surface area contributed by atoms with Crippen LogP contribution in [0.2, 0.25) is 0 Å². The first-order chi connectivity index (χ1) is 15.6. The van der Waals surface area contributed by atoms with Crippen molar-refractivity contribution < 1.29 is 9.53 Å². The normalized spacial score (nSPS) is 11.2. The number of aryl methyl sites for hydroxylation is 1. The van der Waals surface area contributed by atoms with Gasteiger partial charge >= 0.3 is 0 Å². The molecule has 1 N–H and O–H groups in total. The number of amides is 1. The molecular formula is C27H23N3O2. The van der Waals surface area contributed by atoms with Crippen LogP contribution in [0, 0.1) is 18.3 Å². The highest BCUT2D eigenvalue weighted by molar-refractivity contribution is 6.10. The Kier molecular flexibility index (Phi) is 6.05. The van der Waals surface area contributed by atoms with Gasteiger partial charge in [0.2, 0.25) is 0 Å². The van der Waals surface area contributed by atoms with Crippen molar-refractivity contribution in [3.05, 3.63) is 101 Å². The highest BCUT2D eigenvalue weighted by atomic mass is 16.5. The summed E-state index contributed by atoms with van der Waals surface area (Å²) in [6.07, 6.45) is 3.63. The quantitative estimate of drug-likeness (QED) is 0.328. The van der Waals surface area contributed by atoms with Crippen LogP contribution in [0.3, 0.4) is 0 Å². The van der Waals surface area contributed by atoms with Gasteiger partial charge in [-0.3, -0.25) is 4.79 Å². The molecule has 0 atom stereocenters. The first kappa shape index (κ1) is 21.0. The summed E-state index contributed by atoms with van der Waals surface area (Å²) < 4.78 is 7.28. The number of anilines is 1. The van der Waals surface area contributed by atoms with Crippen LogP contribution in [0.25, 0.3) is 17.0 Å². The van der Waals surface area contributed by atoms with Crippen molar-refractivity contribution in [1.29, 1.82) is 5.26 Å². The number of rotatable bonds is 6. The zero-order valence-electron chi connectivity index (χ0n) is 18.0. The highest BCUT2D eigenvalue weighted by Crippen LogP contribution is 2.25. The molecule has 0 radical (unpaired) electrons. The Morgan fingerprint density at radius 2 is 1.78 bits per heavy atom. The van der Waals surface area contributed by atoms with E-state index >= 15 is 0 Å². The standard InChI is InChI=1S/C27H23N3O2/c1-19-7-9-20(10-8-19)17-30-18-22(25-5-3-4-6-26(25)30)15-21(16-28)27(31)29-23-11-13-24(32-2)14-12-23/h3-15,18H,17H2,1-2H3,(H,29,31)/b21-15-. The number of ether oxygens (including phenoxy) is 1. The van der Waals surface area contributed by atoms with Gasteiger partial charge in [0, 0.05) is 34.9 Å². The van der Waals surface area contributed by atoms with Crippen LogP contribution in [-0.4, -0.2) is 17.6 Å². The lowest BCUT2D eigenvalue weighted by atomic mass is 10.1. The number of nitrogens with one attached hydrogen (secondary N) is 1. The minimum absolute atomic E-state index is 0.0408. The number of carbonyl (C=O) groups is 1. The number of para-hydroxylation sites is 1. The fourth-order valence-electron chi connectivity index (χ4n) is 3.59. The zero-order chi connectivity index (χ0) is 22.5. The summed E-state index contributed by atoms with van der Waals surface area (Å²) in [6.45, 7) is 2.77. The lowest BCUT2D eigenvalue weighted by molar-refractivity contribution is -0.112. The van der Waals surface area contributed by atoms with Crippen LogP contribution in [0.4, 0.5) is 5.69 Å². The third-order valence-corrected chi connectivity index (χ3v) is 5.31. The summed E-state index contributed by atoms with van der Waals surface area (Å²) in [4.78, 5) is 12.7. The number of nitrogens with zero attached hydrogens (tertiary/aromatic N) is 2. The summed E-state index contributed by atoms with van der Waals surface area (Å²) in [5.74, 6) is 0.244. The minimum Gasteiger partial charge on any atom is -0.497 e. The van der Waals surface area contributed by atoms with E-state index in [1.165, 1.54) is 11.1 Å². The molecule has 5 heteroatoms. The van der Waals surface area contributed by atoms with E-state index in [4.69, 9.17) is 4.74 Å². The molecule has 1 amide bonds. The Bertz CT molecular complexity index is 1320. The van der Waals surface area contributed by atoms with E-state index in [2.05, 4.69) is 41.1 Å². The summed E-state index contributed by atoms with van der Waals surface area (Å²) >= 11 is 0. The number of carbonyl (C=O) groups excluding carboxylic acids is 1. The summed E-state index contributed by atoms with van der Waals surface area (Å²) in [5, 5.41) is 13.4. The molecule has 1 aromatic heterocycles. The average Bonchev–Trinajstić information content (AvgIpc) is 3.16. The molecule has 0 aliphatic rings. The first-order valence-corrected chi connectivity index (χ1v) is 10.3. The molecule has 1 heterocycles. The molecule has 4 rings (SSSR count). The van der Waals surface area contributed by atoms with Gasteiger partial charge in [-0.1, -0.05) is 48.0 Å². The van der Waals surface area contributed by atoms with Gasteiger partial charge in [-0.2, -0.15) is 5.26 Å². The van der Waals surface area contributed by atoms with Gasteiger partial charge in [-0.15, -0.1) is 0 Å². The second kappa shape index (κ2) is 9.23. The molecule has 0 saturated carbocycles. The maximum Gasteiger partial charge on any atom is 0.266 e. The molecule has 0 spiro atoms. The van der Waals surface area contributed by atoms with Crippen LogP contribution in [0.1, 0.15) is 16.7 Å². The Labute approximate surface area is 187 Å². The zero-order valence-corrected chi connectivity index (χ0v) is 18.0. The van der Waals surface area contributed by atoms with Crippen LogP contribution in [0.5, 0.6) is 5.75 Å². The Balaban J connectivity index is 1.64. The van der Waals surface area contributed by atoms with Crippen LogP contribution in [-0.2, 0) is 11.3 Å². The molecule has 0 aliphatic heterocycles. The number of benzene rings is 3. The van der Waals surface area contributed by atoms with Crippen LogP contribution in [0.15, 0.2) is 84.6 Å². The third kappa shape index (κ3) is 4.55.